The number of fused-ring (bicyclic) bond motifs is 1. The number of likely N-dealkylation sites (tertiary alicyclic amines) is 1. The first-order valence-corrected chi connectivity index (χ1v) is 12.3. The van der Waals surface area contributed by atoms with Crippen molar-refractivity contribution in [2.75, 3.05) is 18.4 Å². The molecule has 8 heteroatoms. The lowest BCUT2D eigenvalue weighted by Gasteiger charge is -2.32. The number of halogens is 2. The second kappa shape index (κ2) is 9.64. The van der Waals surface area contributed by atoms with Gasteiger partial charge in [-0.05, 0) is 49.4 Å². The molecule has 1 aliphatic rings. The van der Waals surface area contributed by atoms with Gasteiger partial charge >= 0.3 is 0 Å². The SMILES string of the molecule is CC(Nc1ncc2ccc(=O)n(C(C)C(C)(C)C)c2n1)c1ccc(CN2CCCC(F)(F)C2)cc1. The smallest absolute Gasteiger partial charge is 0.260 e. The summed E-state index contributed by atoms with van der Waals surface area (Å²) in [6.45, 7) is 11.4. The van der Waals surface area contributed by atoms with Crippen molar-refractivity contribution in [2.24, 2.45) is 5.41 Å². The molecule has 0 aliphatic carbocycles. The van der Waals surface area contributed by atoms with E-state index in [0.717, 1.165) is 16.5 Å². The zero-order valence-electron chi connectivity index (χ0n) is 21.2. The highest BCUT2D eigenvalue weighted by atomic mass is 19.3. The van der Waals surface area contributed by atoms with Crippen LogP contribution in [0, 0.1) is 5.41 Å². The maximum Gasteiger partial charge on any atom is 0.260 e. The Morgan fingerprint density at radius 2 is 1.83 bits per heavy atom. The molecule has 2 aromatic heterocycles. The molecule has 0 saturated carbocycles. The van der Waals surface area contributed by atoms with Crippen LogP contribution in [0.2, 0.25) is 0 Å². The Kier molecular flexibility index (Phi) is 6.95. The number of nitrogens with zero attached hydrogens (tertiary/aromatic N) is 4. The van der Waals surface area contributed by atoms with Crippen molar-refractivity contribution in [3.05, 3.63) is 64.1 Å². The third-order valence-electron chi connectivity index (χ3n) is 7.01. The quantitative estimate of drug-likeness (QED) is 0.480. The molecular formula is C27H35F2N5O. The van der Waals surface area contributed by atoms with Crippen LogP contribution in [0.5, 0.6) is 0 Å². The topological polar surface area (TPSA) is 63.1 Å². The molecule has 3 heterocycles. The van der Waals surface area contributed by atoms with E-state index in [9.17, 15) is 13.6 Å². The van der Waals surface area contributed by atoms with Crippen LogP contribution in [0.15, 0.2) is 47.4 Å². The van der Waals surface area contributed by atoms with Gasteiger partial charge in [-0.1, -0.05) is 45.0 Å². The van der Waals surface area contributed by atoms with Crippen molar-refractivity contribution in [2.45, 2.75) is 72.0 Å². The molecule has 2 atom stereocenters. The fourth-order valence-electron chi connectivity index (χ4n) is 4.50. The standard InChI is InChI=1S/C27H35F2N5O/c1-18(21-9-7-20(8-10-21)16-33-14-6-13-27(28,29)17-33)31-25-30-15-22-11-12-23(35)34(24(22)32-25)19(2)26(3,4)5/h7-12,15,18-19H,6,13-14,16-17H2,1-5H3,(H,30,31,32). The number of pyridine rings is 1. The molecule has 1 N–H and O–H groups in total. The minimum Gasteiger partial charge on any atom is -0.348 e. The fraction of sp³-hybridized carbons (Fsp3) is 0.519. The van der Waals surface area contributed by atoms with E-state index in [1.807, 2.05) is 43.0 Å². The van der Waals surface area contributed by atoms with Gasteiger partial charge in [0.25, 0.3) is 11.5 Å². The summed E-state index contributed by atoms with van der Waals surface area (Å²) in [4.78, 5) is 23.7. The summed E-state index contributed by atoms with van der Waals surface area (Å²) >= 11 is 0. The Morgan fingerprint density at radius 1 is 1.11 bits per heavy atom. The largest absolute Gasteiger partial charge is 0.348 e. The lowest BCUT2D eigenvalue weighted by atomic mass is 9.87. The van der Waals surface area contributed by atoms with E-state index in [4.69, 9.17) is 4.98 Å². The fourth-order valence-corrected chi connectivity index (χ4v) is 4.50. The van der Waals surface area contributed by atoms with Gasteiger partial charge < -0.3 is 5.32 Å². The van der Waals surface area contributed by atoms with Crippen molar-refractivity contribution >= 4 is 17.0 Å². The molecule has 1 aliphatic heterocycles. The molecule has 0 amide bonds. The summed E-state index contributed by atoms with van der Waals surface area (Å²) in [5, 5.41) is 4.15. The van der Waals surface area contributed by atoms with Crippen LogP contribution >= 0.6 is 0 Å². The van der Waals surface area contributed by atoms with E-state index in [1.165, 1.54) is 0 Å². The highest BCUT2D eigenvalue weighted by Gasteiger charge is 2.34. The number of hydrogen-bond acceptors (Lipinski definition) is 5. The Bertz CT molecular complexity index is 1230. The summed E-state index contributed by atoms with van der Waals surface area (Å²) < 4.78 is 29.1. The molecular weight excluding hydrogens is 448 g/mol. The molecule has 0 spiro atoms. The maximum absolute atomic E-state index is 13.7. The summed E-state index contributed by atoms with van der Waals surface area (Å²) in [6.07, 6.45) is 2.24. The van der Waals surface area contributed by atoms with Gasteiger partial charge in [-0.25, -0.2) is 13.8 Å². The average molecular weight is 484 g/mol. The van der Waals surface area contributed by atoms with Crippen LogP contribution in [0.25, 0.3) is 11.0 Å². The van der Waals surface area contributed by atoms with Crippen molar-refractivity contribution in [3.63, 3.8) is 0 Å². The van der Waals surface area contributed by atoms with E-state index < -0.39 is 5.92 Å². The summed E-state index contributed by atoms with van der Waals surface area (Å²) in [7, 11) is 0. The Hall–Kier alpha value is -2.87. The molecule has 0 radical (unpaired) electrons. The average Bonchev–Trinajstić information content (AvgIpc) is 2.78. The normalized spacial score (nSPS) is 18.4. The summed E-state index contributed by atoms with van der Waals surface area (Å²) in [5.41, 5.74) is 2.46. The van der Waals surface area contributed by atoms with Crippen molar-refractivity contribution in [3.8, 4) is 0 Å². The monoisotopic (exact) mass is 483 g/mol. The maximum atomic E-state index is 13.7. The van der Waals surface area contributed by atoms with Gasteiger partial charge in [0.15, 0.2) is 0 Å². The molecule has 188 valence electrons. The Balaban J connectivity index is 1.50. The van der Waals surface area contributed by atoms with Crippen molar-refractivity contribution in [1.29, 1.82) is 0 Å². The van der Waals surface area contributed by atoms with E-state index in [1.54, 1.807) is 22.9 Å². The Morgan fingerprint density at radius 3 is 2.49 bits per heavy atom. The summed E-state index contributed by atoms with van der Waals surface area (Å²) in [5.74, 6) is -2.14. The van der Waals surface area contributed by atoms with Crippen LogP contribution in [0.3, 0.4) is 0 Å². The third-order valence-corrected chi connectivity index (χ3v) is 7.01. The Labute approximate surface area is 205 Å². The molecule has 1 fully saturated rings. The van der Waals surface area contributed by atoms with Crippen LogP contribution < -0.4 is 10.9 Å². The molecule has 35 heavy (non-hydrogen) atoms. The number of nitrogens with one attached hydrogen (secondary N) is 1. The van der Waals surface area contributed by atoms with Gasteiger partial charge in [0.2, 0.25) is 5.95 Å². The van der Waals surface area contributed by atoms with Gasteiger partial charge in [0, 0.05) is 36.7 Å². The molecule has 4 rings (SSSR count). The van der Waals surface area contributed by atoms with Crippen molar-refractivity contribution in [1.82, 2.24) is 19.4 Å². The second-order valence-corrected chi connectivity index (χ2v) is 10.8. The lowest BCUT2D eigenvalue weighted by molar-refractivity contribution is -0.0661. The van der Waals surface area contributed by atoms with Gasteiger partial charge in [0.1, 0.15) is 5.65 Å². The first-order chi connectivity index (χ1) is 16.4. The minimum absolute atomic E-state index is 0.0201. The number of aromatic nitrogens is 3. The lowest BCUT2D eigenvalue weighted by Crippen LogP contribution is -2.41. The first-order valence-electron chi connectivity index (χ1n) is 12.3. The van der Waals surface area contributed by atoms with Gasteiger partial charge in [-0.2, -0.15) is 4.98 Å². The second-order valence-electron chi connectivity index (χ2n) is 10.8. The number of alkyl halides is 2. The highest BCUT2D eigenvalue weighted by Crippen LogP contribution is 2.31. The van der Waals surface area contributed by atoms with Crippen LogP contribution in [-0.2, 0) is 6.54 Å². The van der Waals surface area contributed by atoms with Crippen LogP contribution in [-0.4, -0.2) is 38.4 Å². The zero-order chi connectivity index (χ0) is 25.4. The third kappa shape index (κ3) is 5.86. The van der Waals surface area contributed by atoms with E-state index in [0.29, 0.717) is 31.1 Å². The van der Waals surface area contributed by atoms with Gasteiger partial charge in [-0.3, -0.25) is 14.3 Å². The number of piperidine rings is 1. The predicted molar refractivity (Wildman–Crippen MR) is 136 cm³/mol. The molecule has 2 unspecified atom stereocenters. The van der Waals surface area contributed by atoms with Gasteiger partial charge in [-0.15, -0.1) is 0 Å². The van der Waals surface area contributed by atoms with E-state index in [2.05, 4.69) is 31.1 Å². The van der Waals surface area contributed by atoms with E-state index in [-0.39, 0.29) is 36.0 Å². The number of hydrogen-bond donors (Lipinski definition) is 1. The minimum atomic E-state index is -2.59. The van der Waals surface area contributed by atoms with Crippen LogP contribution in [0.1, 0.15) is 70.7 Å². The number of benzene rings is 1. The summed E-state index contributed by atoms with van der Waals surface area (Å²) in [6, 6.07) is 11.2. The molecule has 1 aromatic carbocycles. The predicted octanol–water partition coefficient (Wildman–Crippen LogP) is 5.80. The van der Waals surface area contributed by atoms with Crippen molar-refractivity contribution < 1.29 is 8.78 Å². The molecule has 6 nitrogen and oxygen atoms in total. The molecule has 3 aromatic rings. The molecule has 1 saturated heterocycles. The van der Waals surface area contributed by atoms with E-state index >= 15 is 0 Å². The zero-order valence-corrected chi connectivity index (χ0v) is 21.2. The van der Waals surface area contributed by atoms with Gasteiger partial charge in [0.05, 0.1) is 12.6 Å². The number of rotatable bonds is 6. The first kappa shape index (κ1) is 25.2. The molecule has 0 bridgehead atoms. The number of anilines is 1. The highest BCUT2D eigenvalue weighted by molar-refractivity contribution is 5.75. The van der Waals surface area contributed by atoms with Crippen LogP contribution in [0.4, 0.5) is 14.7 Å².